The molecule has 3 aromatic carbocycles. The number of fused-ring (bicyclic) bond motifs is 1. The molecular weight excluding hydrogens is 492 g/mol. The van der Waals surface area contributed by atoms with Crippen molar-refractivity contribution >= 4 is 32.5 Å². The minimum atomic E-state index is -4.22. The van der Waals surface area contributed by atoms with E-state index in [1.807, 2.05) is 49.4 Å². The summed E-state index contributed by atoms with van der Waals surface area (Å²) in [4.78, 5) is 37.9. The van der Waals surface area contributed by atoms with Gasteiger partial charge in [-0.05, 0) is 54.3 Å². The SMILES string of the molecule is CCc1ccc(NC(=O)[C@@H](Cc2ccccc2)NS(=O)(=O)c2ccc3c(c2)c(=O)n(C)c(=O)n3C)cc1. The zero-order chi connectivity index (χ0) is 26.7. The molecule has 10 heteroatoms. The molecule has 2 N–H and O–H groups in total. The van der Waals surface area contributed by atoms with Gasteiger partial charge < -0.3 is 5.32 Å². The van der Waals surface area contributed by atoms with E-state index in [9.17, 15) is 22.8 Å². The normalized spacial score (nSPS) is 12.4. The van der Waals surface area contributed by atoms with E-state index in [-0.39, 0.29) is 16.7 Å². The highest BCUT2D eigenvalue weighted by Crippen LogP contribution is 2.18. The van der Waals surface area contributed by atoms with Gasteiger partial charge in [0.2, 0.25) is 15.9 Å². The Balaban J connectivity index is 1.68. The van der Waals surface area contributed by atoms with Gasteiger partial charge in [-0.25, -0.2) is 13.2 Å². The number of hydrogen-bond donors (Lipinski definition) is 2. The van der Waals surface area contributed by atoms with Gasteiger partial charge in [0.1, 0.15) is 6.04 Å². The van der Waals surface area contributed by atoms with Gasteiger partial charge in [0.05, 0.1) is 15.8 Å². The topological polar surface area (TPSA) is 119 Å². The summed E-state index contributed by atoms with van der Waals surface area (Å²) in [7, 11) is -1.38. The zero-order valence-electron chi connectivity index (χ0n) is 20.8. The summed E-state index contributed by atoms with van der Waals surface area (Å²) < 4.78 is 31.5. The van der Waals surface area contributed by atoms with Crippen LogP contribution >= 0.6 is 0 Å². The maximum Gasteiger partial charge on any atom is 0.330 e. The molecule has 1 aromatic heterocycles. The number of carbonyl (C=O) groups is 1. The number of nitrogens with zero attached hydrogens (tertiary/aromatic N) is 2. The van der Waals surface area contributed by atoms with Crippen LogP contribution in [0, 0.1) is 0 Å². The lowest BCUT2D eigenvalue weighted by Gasteiger charge is -2.19. The van der Waals surface area contributed by atoms with Crippen molar-refractivity contribution < 1.29 is 13.2 Å². The number of rotatable bonds is 8. The second kappa shape index (κ2) is 10.5. The van der Waals surface area contributed by atoms with Crippen molar-refractivity contribution in [1.82, 2.24) is 13.9 Å². The third-order valence-corrected chi connectivity index (χ3v) is 7.74. The molecule has 1 amide bonds. The van der Waals surface area contributed by atoms with Crippen molar-refractivity contribution in [2.45, 2.75) is 30.7 Å². The monoisotopic (exact) mass is 520 g/mol. The van der Waals surface area contributed by atoms with E-state index in [4.69, 9.17) is 0 Å². The van der Waals surface area contributed by atoms with Crippen LogP contribution in [-0.4, -0.2) is 29.5 Å². The quantitative estimate of drug-likeness (QED) is 0.370. The molecule has 0 aliphatic heterocycles. The van der Waals surface area contributed by atoms with Gasteiger partial charge in [-0.1, -0.05) is 49.4 Å². The molecule has 37 heavy (non-hydrogen) atoms. The Morgan fingerprint density at radius 1 is 0.892 bits per heavy atom. The van der Waals surface area contributed by atoms with Crippen LogP contribution in [-0.2, 0) is 41.8 Å². The number of hydrogen-bond acceptors (Lipinski definition) is 5. The summed E-state index contributed by atoms with van der Waals surface area (Å²) in [5.41, 5.74) is 1.62. The van der Waals surface area contributed by atoms with Crippen LogP contribution < -0.4 is 21.3 Å². The van der Waals surface area contributed by atoms with Gasteiger partial charge in [-0.15, -0.1) is 0 Å². The lowest BCUT2D eigenvalue weighted by atomic mass is 10.1. The van der Waals surface area contributed by atoms with Gasteiger partial charge in [-0.3, -0.25) is 18.7 Å². The first-order chi connectivity index (χ1) is 17.6. The van der Waals surface area contributed by atoms with Crippen molar-refractivity contribution in [2.75, 3.05) is 5.32 Å². The predicted molar refractivity (Wildman–Crippen MR) is 143 cm³/mol. The third kappa shape index (κ3) is 5.55. The maximum absolute atomic E-state index is 13.4. The van der Waals surface area contributed by atoms with E-state index in [0.717, 1.165) is 22.1 Å². The fraction of sp³-hybridized carbons (Fsp3) is 0.222. The van der Waals surface area contributed by atoms with Crippen LogP contribution in [0.25, 0.3) is 10.9 Å². The summed E-state index contributed by atoms with van der Waals surface area (Å²) in [6, 6.07) is 19.2. The molecule has 1 heterocycles. The fourth-order valence-corrected chi connectivity index (χ4v) is 5.31. The molecule has 4 aromatic rings. The standard InChI is InChI=1S/C27H28N4O5S/c1-4-18-10-12-20(13-11-18)28-25(32)23(16-19-8-6-5-7-9-19)29-37(35,36)21-14-15-24-22(17-21)26(33)31(3)27(34)30(24)2/h5-15,17,23,29H,4,16H2,1-3H3,(H,28,32)/t23-/m1/s1. The first kappa shape index (κ1) is 26.1. The zero-order valence-corrected chi connectivity index (χ0v) is 21.6. The second-order valence-electron chi connectivity index (χ2n) is 8.79. The van der Waals surface area contributed by atoms with E-state index in [2.05, 4.69) is 10.0 Å². The number of carbonyl (C=O) groups excluding carboxylic acids is 1. The molecule has 9 nitrogen and oxygen atoms in total. The van der Waals surface area contributed by atoms with Crippen molar-refractivity contribution in [2.24, 2.45) is 14.1 Å². The van der Waals surface area contributed by atoms with E-state index >= 15 is 0 Å². The smallest absolute Gasteiger partial charge is 0.325 e. The van der Waals surface area contributed by atoms with Crippen molar-refractivity contribution in [3.8, 4) is 0 Å². The minimum Gasteiger partial charge on any atom is -0.325 e. The average Bonchev–Trinajstić information content (AvgIpc) is 2.90. The van der Waals surface area contributed by atoms with Crippen LogP contribution in [0.15, 0.2) is 87.3 Å². The highest BCUT2D eigenvalue weighted by atomic mass is 32.2. The number of aromatic nitrogens is 2. The Bertz CT molecular complexity index is 1670. The Morgan fingerprint density at radius 3 is 2.22 bits per heavy atom. The average molecular weight is 521 g/mol. The molecule has 0 bridgehead atoms. The molecule has 0 unspecified atom stereocenters. The summed E-state index contributed by atoms with van der Waals surface area (Å²) in [6.07, 6.45) is 0.969. The van der Waals surface area contributed by atoms with Crippen molar-refractivity contribution in [3.05, 3.63) is 105 Å². The van der Waals surface area contributed by atoms with Crippen molar-refractivity contribution in [1.29, 1.82) is 0 Å². The number of amides is 1. The highest BCUT2D eigenvalue weighted by molar-refractivity contribution is 7.89. The van der Waals surface area contributed by atoms with E-state index < -0.39 is 33.2 Å². The Labute approximate surface area is 214 Å². The first-order valence-corrected chi connectivity index (χ1v) is 13.2. The molecule has 0 radical (unpaired) electrons. The van der Waals surface area contributed by atoms with Crippen molar-refractivity contribution in [3.63, 3.8) is 0 Å². The van der Waals surface area contributed by atoms with E-state index in [1.165, 1.54) is 36.9 Å². The number of aryl methyl sites for hydroxylation is 2. The van der Waals surface area contributed by atoms with Crippen LogP contribution in [0.4, 0.5) is 5.69 Å². The molecule has 0 aliphatic rings. The Morgan fingerprint density at radius 2 is 1.57 bits per heavy atom. The molecule has 0 saturated carbocycles. The van der Waals surface area contributed by atoms with E-state index in [1.54, 1.807) is 12.1 Å². The summed E-state index contributed by atoms with van der Waals surface area (Å²) >= 11 is 0. The number of anilines is 1. The fourth-order valence-electron chi connectivity index (χ4n) is 4.09. The van der Waals surface area contributed by atoms with Crippen LogP contribution in [0.3, 0.4) is 0 Å². The van der Waals surface area contributed by atoms with Gasteiger partial charge >= 0.3 is 5.69 Å². The van der Waals surface area contributed by atoms with Crippen LogP contribution in [0.5, 0.6) is 0 Å². The Hall–Kier alpha value is -4.02. The van der Waals surface area contributed by atoms with Crippen LogP contribution in [0.1, 0.15) is 18.1 Å². The maximum atomic E-state index is 13.4. The third-order valence-electron chi connectivity index (χ3n) is 6.27. The second-order valence-corrected chi connectivity index (χ2v) is 10.5. The molecule has 0 saturated heterocycles. The van der Waals surface area contributed by atoms with Gasteiger partial charge in [0.15, 0.2) is 0 Å². The molecule has 4 rings (SSSR count). The first-order valence-electron chi connectivity index (χ1n) is 11.8. The summed E-state index contributed by atoms with van der Waals surface area (Å²) in [5.74, 6) is -0.518. The largest absolute Gasteiger partial charge is 0.330 e. The molecule has 192 valence electrons. The minimum absolute atomic E-state index is 0.0764. The molecule has 0 aliphatic carbocycles. The molecule has 0 spiro atoms. The van der Waals surface area contributed by atoms with E-state index in [0.29, 0.717) is 11.2 Å². The van der Waals surface area contributed by atoms with Gasteiger partial charge in [0.25, 0.3) is 5.56 Å². The Kier molecular flexibility index (Phi) is 7.42. The lowest BCUT2D eigenvalue weighted by molar-refractivity contribution is -0.117. The highest BCUT2D eigenvalue weighted by Gasteiger charge is 2.27. The van der Waals surface area contributed by atoms with Crippen LogP contribution in [0.2, 0.25) is 0 Å². The number of nitrogens with one attached hydrogen (secondary N) is 2. The predicted octanol–water partition coefficient (Wildman–Crippen LogP) is 2.33. The molecular formula is C27H28N4O5S. The molecule has 0 fully saturated rings. The number of benzene rings is 3. The van der Waals surface area contributed by atoms with Gasteiger partial charge in [0, 0.05) is 19.8 Å². The molecule has 1 atom stereocenters. The lowest BCUT2D eigenvalue weighted by Crippen LogP contribution is -2.45. The summed E-state index contributed by atoms with van der Waals surface area (Å²) in [6.45, 7) is 2.03. The summed E-state index contributed by atoms with van der Waals surface area (Å²) in [5, 5.41) is 2.87. The van der Waals surface area contributed by atoms with Gasteiger partial charge in [-0.2, -0.15) is 4.72 Å². The number of sulfonamides is 1.